The zero-order chi connectivity index (χ0) is 39.3. The fraction of sp³-hybridized carbons (Fsp3) is 0.271. The Morgan fingerprint density at radius 2 is 1.30 bits per heavy atom. The molecule has 286 valence electrons. The summed E-state index contributed by atoms with van der Waals surface area (Å²) in [6, 6.07) is 43.2. The van der Waals surface area contributed by atoms with Crippen molar-refractivity contribution >= 4 is 34.4 Å². The second-order valence-corrected chi connectivity index (χ2v) is 17.0. The molecular weight excluding hydrogens is 728 g/mol. The van der Waals surface area contributed by atoms with E-state index in [-0.39, 0.29) is 23.3 Å². The van der Waals surface area contributed by atoms with E-state index in [1.165, 1.54) is 5.56 Å². The van der Waals surface area contributed by atoms with E-state index in [9.17, 15) is 9.90 Å². The van der Waals surface area contributed by atoms with Crippen LogP contribution in [0.3, 0.4) is 0 Å². The molecule has 3 fully saturated rings. The number of aromatic nitrogens is 5. The Kier molecular flexibility index (Phi) is 9.40. The van der Waals surface area contributed by atoms with Crippen LogP contribution in [0.15, 0.2) is 134 Å². The van der Waals surface area contributed by atoms with E-state index in [2.05, 4.69) is 86.8 Å². The van der Waals surface area contributed by atoms with Crippen LogP contribution in [0.25, 0.3) is 33.8 Å². The molecule has 57 heavy (non-hydrogen) atoms. The van der Waals surface area contributed by atoms with Crippen LogP contribution in [-0.2, 0) is 15.7 Å². The number of aliphatic carboxylic acids is 1. The zero-order valence-corrected chi connectivity index (χ0v) is 33.1. The Hall–Kier alpha value is -5.86. The van der Waals surface area contributed by atoms with Crippen LogP contribution >= 0.6 is 11.6 Å². The lowest BCUT2D eigenvalue weighted by Gasteiger charge is -2.47. The maximum Gasteiger partial charge on any atom is 0.308 e. The van der Waals surface area contributed by atoms with E-state index < -0.39 is 17.4 Å². The lowest BCUT2D eigenvalue weighted by Crippen LogP contribution is -2.51. The van der Waals surface area contributed by atoms with Gasteiger partial charge in [-0.05, 0) is 71.3 Å². The first-order valence-corrected chi connectivity index (χ1v) is 20.2. The third kappa shape index (κ3) is 6.56. The minimum Gasteiger partial charge on any atom is -0.481 e. The molecule has 2 unspecified atom stereocenters. The Labute approximate surface area is 338 Å². The minimum absolute atomic E-state index is 0.0189. The first kappa shape index (κ1) is 36.8. The number of rotatable bonds is 9. The smallest absolute Gasteiger partial charge is 0.308 e. The molecule has 9 heteroatoms. The molecule has 3 aliphatic rings. The summed E-state index contributed by atoms with van der Waals surface area (Å²) in [5.41, 5.74) is 5.98. The summed E-state index contributed by atoms with van der Waals surface area (Å²) in [5.74, 6) is 0.104. The summed E-state index contributed by atoms with van der Waals surface area (Å²) < 4.78 is 2.00. The van der Waals surface area contributed by atoms with Crippen LogP contribution in [0.5, 0.6) is 0 Å². The van der Waals surface area contributed by atoms with Crippen LogP contribution in [0.2, 0.25) is 5.02 Å². The fourth-order valence-electron chi connectivity index (χ4n) is 9.38. The van der Waals surface area contributed by atoms with Gasteiger partial charge in [-0.1, -0.05) is 148 Å². The standard InChI is InChI=1S/C48H45ClN6O2/c1-47(2,3)33-25-23-30(24-26-33)39-28-40(52-42-32-21-19-31(20-22-32)41(42)46(56)57)53-44(51-39)43-38-27-37(49)29-50-45(38)55(54-43)48(34-13-7-4-8-14-34,35-15-9-5-10-16-35)36-17-11-6-12-18-36/h4-18,23-29,31-32,41-42H,19-22H2,1-3H3,(H,56,57)(H,51,52,53). The van der Waals surface area contributed by atoms with Crippen molar-refractivity contribution in [3.8, 4) is 22.8 Å². The molecule has 2 bridgehead atoms. The second-order valence-electron chi connectivity index (χ2n) is 16.6. The number of carbonyl (C=O) groups is 1. The average Bonchev–Trinajstić information content (AvgIpc) is 3.61. The number of hydrogen-bond acceptors (Lipinski definition) is 6. The van der Waals surface area contributed by atoms with Crippen LogP contribution in [0, 0.1) is 17.8 Å². The minimum atomic E-state index is -0.960. The third-order valence-electron chi connectivity index (χ3n) is 12.2. The molecule has 3 heterocycles. The molecule has 10 rings (SSSR count). The number of pyridine rings is 1. The molecule has 8 nitrogen and oxygen atoms in total. The van der Waals surface area contributed by atoms with Crippen molar-refractivity contribution in [1.82, 2.24) is 24.7 Å². The van der Waals surface area contributed by atoms with Gasteiger partial charge in [0.15, 0.2) is 11.5 Å². The fourth-order valence-corrected chi connectivity index (χ4v) is 9.54. The van der Waals surface area contributed by atoms with Gasteiger partial charge in [-0.2, -0.15) is 5.10 Å². The van der Waals surface area contributed by atoms with Crippen LogP contribution in [0.4, 0.5) is 5.82 Å². The highest BCUT2D eigenvalue weighted by Crippen LogP contribution is 2.47. The van der Waals surface area contributed by atoms with E-state index >= 15 is 0 Å². The average molecular weight is 773 g/mol. The number of fused-ring (bicyclic) bond motifs is 4. The summed E-state index contributed by atoms with van der Waals surface area (Å²) in [4.78, 5) is 28.2. The summed E-state index contributed by atoms with van der Waals surface area (Å²) in [6.07, 6.45) is 5.56. The second kappa shape index (κ2) is 14.6. The molecule has 0 radical (unpaired) electrons. The highest BCUT2D eigenvalue weighted by molar-refractivity contribution is 6.31. The first-order chi connectivity index (χ1) is 27.6. The maximum atomic E-state index is 12.8. The first-order valence-electron chi connectivity index (χ1n) is 19.8. The summed E-state index contributed by atoms with van der Waals surface area (Å²) in [6.45, 7) is 6.60. The number of halogens is 1. The number of hydrogen-bond donors (Lipinski definition) is 2. The van der Waals surface area contributed by atoms with Crippen molar-refractivity contribution in [2.75, 3.05) is 5.32 Å². The summed E-state index contributed by atoms with van der Waals surface area (Å²) in [7, 11) is 0. The molecule has 3 saturated carbocycles. The monoisotopic (exact) mass is 772 g/mol. The van der Waals surface area contributed by atoms with E-state index in [1.807, 2.05) is 71.4 Å². The van der Waals surface area contributed by atoms with E-state index in [0.717, 1.165) is 47.9 Å². The van der Waals surface area contributed by atoms with Gasteiger partial charge in [-0.25, -0.2) is 19.6 Å². The Bertz CT molecular complexity index is 2450. The molecule has 7 aromatic rings. The summed E-state index contributed by atoms with van der Waals surface area (Å²) in [5, 5.41) is 20.8. The number of nitrogens with one attached hydrogen (secondary N) is 1. The third-order valence-corrected chi connectivity index (χ3v) is 12.4. The van der Waals surface area contributed by atoms with Crippen LogP contribution in [0.1, 0.15) is 68.7 Å². The Balaban J connectivity index is 1.30. The largest absolute Gasteiger partial charge is 0.481 e. The van der Waals surface area contributed by atoms with Crippen LogP contribution in [-0.4, -0.2) is 41.9 Å². The van der Waals surface area contributed by atoms with Gasteiger partial charge in [-0.3, -0.25) is 4.79 Å². The van der Waals surface area contributed by atoms with E-state index in [0.29, 0.717) is 39.1 Å². The van der Waals surface area contributed by atoms with Gasteiger partial charge in [0, 0.05) is 23.9 Å². The van der Waals surface area contributed by atoms with Gasteiger partial charge in [-0.15, -0.1) is 0 Å². The van der Waals surface area contributed by atoms with Crippen molar-refractivity contribution in [2.45, 2.75) is 63.5 Å². The lowest BCUT2D eigenvalue weighted by molar-refractivity contribution is -0.148. The number of carboxylic acids is 1. The predicted molar refractivity (Wildman–Crippen MR) is 226 cm³/mol. The molecule has 2 atom stereocenters. The number of anilines is 1. The van der Waals surface area contributed by atoms with Crippen molar-refractivity contribution in [3.63, 3.8) is 0 Å². The van der Waals surface area contributed by atoms with Crippen molar-refractivity contribution in [3.05, 3.63) is 161 Å². The molecule has 0 amide bonds. The van der Waals surface area contributed by atoms with E-state index in [1.54, 1.807) is 6.20 Å². The van der Waals surface area contributed by atoms with Gasteiger partial charge < -0.3 is 10.4 Å². The lowest BCUT2D eigenvalue weighted by atomic mass is 9.61. The Morgan fingerprint density at radius 3 is 1.84 bits per heavy atom. The molecule has 0 aliphatic heterocycles. The zero-order valence-electron chi connectivity index (χ0n) is 32.3. The Morgan fingerprint density at radius 1 is 0.737 bits per heavy atom. The van der Waals surface area contributed by atoms with Crippen molar-refractivity contribution in [1.29, 1.82) is 0 Å². The molecule has 4 aromatic carbocycles. The quantitative estimate of drug-likeness (QED) is 0.141. The number of nitrogens with zero attached hydrogens (tertiary/aromatic N) is 5. The molecule has 0 saturated heterocycles. The highest BCUT2D eigenvalue weighted by Gasteiger charge is 2.48. The van der Waals surface area contributed by atoms with Gasteiger partial charge in [0.25, 0.3) is 0 Å². The topological polar surface area (TPSA) is 106 Å². The normalized spacial score (nSPS) is 19.4. The van der Waals surface area contributed by atoms with Gasteiger partial charge in [0.2, 0.25) is 0 Å². The highest BCUT2D eigenvalue weighted by atomic mass is 35.5. The van der Waals surface area contributed by atoms with Crippen molar-refractivity contribution < 1.29 is 9.90 Å². The SMILES string of the molecule is CC(C)(C)c1ccc(-c2cc(NC3C4CCC(CC4)C3C(=O)O)nc(-c3nn(C(c4ccccc4)(c4ccccc4)c4ccccc4)c4ncc(Cl)cc34)n2)cc1. The van der Waals surface area contributed by atoms with Gasteiger partial charge in [0.05, 0.1) is 22.0 Å². The predicted octanol–water partition coefficient (Wildman–Crippen LogP) is 10.6. The van der Waals surface area contributed by atoms with Gasteiger partial charge >= 0.3 is 5.97 Å². The van der Waals surface area contributed by atoms with E-state index in [4.69, 9.17) is 31.7 Å². The number of benzene rings is 4. The van der Waals surface area contributed by atoms with Crippen LogP contribution < -0.4 is 5.32 Å². The molecule has 3 aliphatic carbocycles. The molecule has 2 N–H and O–H groups in total. The maximum absolute atomic E-state index is 12.8. The molecular formula is C48H45ClN6O2. The van der Waals surface area contributed by atoms with Crippen molar-refractivity contribution in [2.24, 2.45) is 17.8 Å². The molecule has 0 spiro atoms. The molecule has 3 aromatic heterocycles. The number of carboxylic acid groups (broad SMARTS) is 1. The summed E-state index contributed by atoms with van der Waals surface area (Å²) >= 11 is 6.76. The van der Waals surface area contributed by atoms with Gasteiger partial charge in [0.1, 0.15) is 17.1 Å².